The van der Waals surface area contributed by atoms with Gasteiger partial charge in [-0.15, -0.1) is 0 Å². The Kier molecular flexibility index (Phi) is 8.53. The minimum absolute atomic E-state index is 0.0768. The van der Waals surface area contributed by atoms with E-state index in [0.29, 0.717) is 39.1 Å². The quantitative estimate of drug-likeness (QED) is 0.526. The molecule has 1 aliphatic rings. The van der Waals surface area contributed by atoms with Crippen molar-refractivity contribution >= 4 is 16.1 Å². The Balaban J connectivity index is 1.79. The molecule has 0 atom stereocenters. The Morgan fingerprint density at radius 1 is 1.12 bits per heavy atom. The van der Waals surface area contributed by atoms with Gasteiger partial charge in [-0.05, 0) is 30.5 Å². The number of carbonyl (C=O) groups is 1. The molecule has 0 radical (unpaired) electrons. The number of phenols is 1. The summed E-state index contributed by atoms with van der Waals surface area (Å²) in [6.45, 7) is 1.53. The van der Waals surface area contributed by atoms with Gasteiger partial charge in [0.15, 0.2) is 0 Å². The zero-order valence-electron chi connectivity index (χ0n) is 19.9. The van der Waals surface area contributed by atoms with Crippen LogP contribution in [0.5, 0.6) is 11.5 Å². The fourth-order valence-electron chi connectivity index (χ4n) is 4.29. The summed E-state index contributed by atoms with van der Waals surface area (Å²) in [5.41, 5.74) is 0.656. The van der Waals surface area contributed by atoms with E-state index in [0.717, 1.165) is 5.56 Å². The van der Waals surface area contributed by atoms with Gasteiger partial charge in [-0.25, -0.2) is 0 Å². The smallest absolute Gasteiger partial charge is 0.281 e. The third kappa shape index (κ3) is 5.52. The number of likely N-dealkylation sites (N-methyl/N-ethyl adjacent to an activating group) is 1. The molecule has 186 valence electrons. The maximum atomic E-state index is 13.0. The third-order valence-corrected chi connectivity index (χ3v) is 8.42. The highest BCUT2D eigenvalue weighted by Crippen LogP contribution is 2.36. The van der Waals surface area contributed by atoms with Crippen molar-refractivity contribution in [3.8, 4) is 11.5 Å². The van der Waals surface area contributed by atoms with Gasteiger partial charge in [0.25, 0.3) is 16.1 Å². The molecular weight excluding hydrogens is 458 g/mol. The first-order chi connectivity index (χ1) is 16.2. The van der Waals surface area contributed by atoms with E-state index in [2.05, 4.69) is 5.32 Å². The second kappa shape index (κ2) is 11.2. The largest absolute Gasteiger partial charge is 0.507 e. The maximum absolute atomic E-state index is 13.0. The van der Waals surface area contributed by atoms with E-state index >= 15 is 0 Å². The number of phenolic OH excluding ortho intramolecular Hbond substituents is 1. The number of piperidine rings is 1. The number of nitrogens with zero attached hydrogens (tertiary/aromatic N) is 2. The summed E-state index contributed by atoms with van der Waals surface area (Å²) in [4.78, 5) is 13.0. The summed E-state index contributed by atoms with van der Waals surface area (Å²) >= 11 is 0. The first kappa shape index (κ1) is 26.0. The molecule has 1 fully saturated rings. The molecule has 2 N–H and O–H groups in total. The Hall–Kier alpha value is -2.66. The Morgan fingerprint density at radius 3 is 2.41 bits per heavy atom. The molecule has 1 aliphatic heterocycles. The molecule has 0 unspecified atom stereocenters. The first-order valence-corrected chi connectivity index (χ1v) is 12.5. The SMILES string of the molecule is COCCN(C)S(=O)(=O)N1CCC(CNC(=O)c2c(O)cccc2OC)(c2ccccc2)CC1. The number of hydrogen-bond donors (Lipinski definition) is 2. The molecular formula is C24H33N3O6S. The van der Waals surface area contributed by atoms with Crippen molar-refractivity contribution in [1.82, 2.24) is 13.9 Å². The number of rotatable bonds is 10. The lowest BCUT2D eigenvalue weighted by Gasteiger charge is -2.42. The van der Waals surface area contributed by atoms with Gasteiger partial charge >= 0.3 is 0 Å². The second-order valence-corrected chi connectivity index (χ2v) is 10.4. The van der Waals surface area contributed by atoms with Gasteiger partial charge in [0.1, 0.15) is 17.1 Å². The summed E-state index contributed by atoms with van der Waals surface area (Å²) in [5, 5.41) is 13.2. The Labute approximate surface area is 201 Å². The highest BCUT2D eigenvalue weighted by Gasteiger charge is 2.40. The number of methoxy groups -OCH3 is 2. The number of carbonyl (C=O) groups excluding carboxylic acids is 1. The van der Waals surface area contributed by atoms with E-state index in [-0.39, 0.29) is 23.6 Å². The highest BCUT2D eigenvalue weighted by atomic mass is 32.2. The molecule has 0 spiro atoms. The number of ether oxygens (including phenoxy) is 2. The van der Waals surface area contributed by atoms with Gasteiger partial charge in [-0.2, -0.15) is 17.0 Å². The molecule has 2 aromatic carbocycles. The van der Waals surface area contributed by atoms with Gasteiger partial charge in [0, 0.05) is 45.8 Å². The van der Waals surface area contributed by atoms with Crippen LogP contribution in [0.2, 0.25) is 0 Å². The van der Waals surface area contributed by atoms with Crippen LogP contribution in [0.15, 0.2) is 48.5 Å². The van der Waals surface area contributed by atoms with Crippen LogP contribution in [0, 0.1) is 0 Å². The third-order valence-electron chi connectivity index (χ3n) is 6.43. The zero-order chi connectivity index (χ0) is 24.8. The molecule has 0 aliphatic carbocycles. The van der Waals surface area contributed by atoms with E-state index in [1.165, 1.54) is 28.9 Å². The van der Waals surface area contributed by atoms with Crippen molar-refractivity contribution in [2.45, 2.75) is 18.3 Å². The van der Waals surface area contributed by atoms with Crippen molar-refractivity contribution in [3.05, 3.63) is 59.7 Å². The van der Waals surface area contributed by atoms with Gasteiger partial charge < -0.3 is 19.9 Å². The minimum atomic E-state index is -3.61. The molecule has 0 saturated carbocycles. The maximum Gasteiger partial charge on any atom is 0.281 e. The van der Waals surface area contributed by atoms with E-state index in [1.54, 1.807) is 19.2 Å². The number of hydrogen-bond acceptors (Lipinski definition) is 6. The lowest BCUT2D eigenvalue weighted by molar-refractivity contribution is 0.0926. The lowest BCUT2D eigenvalue weighted by atomic mass is 9.73. The Morgan fingerprint density at radius 2 is 1.79 bits per heavy atom. The predicted octanol–water partition coefficient (Wildman–Crippen LogP) is 1.99. The van der Waals surface area contributed by atoms with Crippen molar-refractivity contribution in [3.63, 3.8) is 0 Å². The van der Waals surface area contributed by atoms with Crippen molar-refractivity contribution < 1.29 is 27.8 Å². The molecule has 1 amide bonds. The summed E-state index contributed by atoms with van der Waals surface area (Å²) in [5.74, 6) is -0.323. The summed E-state index contributed by atoms with van der Waals surface area (Å²) < 4.78 is 39.0. The predicted molar refractivity (Wildman–Crippen MR) is 129 cm³/mol. The van der Waals surface area contributed by atoms with Crippen molar-refractivity contribution in [2.24, 2.45) is 0 Å². The van der Waals surface area contributed by atoms with E-state index in [9.17, 15) is 18.3 Å². The van der Waals surface area contributed by atoms with E-state index < -0.39 is 21.5 Å². The second-order valence-electron chi connectivity index (χ2n) is 8.40. The van der Waals surface area contributed by atoms with Crippen LogP contribution in [-0.4, -0.2) is 82.1 Å². The zero-order valence-corrected chi connectivity index (χ0v) is 20.7. The molecule has 0 aromatic heterocycles. The fraction of sp³-hybridized carbons (Fsp3) is 0.458. The fourth-order valence-corrected chi connectivity index (χ4v) is 5.64. The summed E-state index contributed by atoms with van der Waals surface area (Å²) in [6, 6.07) is 14.5. The highest BCUT2D eigenvalue weighted by molar-refractivity contribution is 7.86. The molecule has 0 bridgehead atoms. The molecule has 2 aromatic rings. The molecule has 10 heteroatoms. The summed E-state index contributed by atoms with van der Waals surface area (Å²) in [6.07, 6.45) is 1.07. The topological polar surface area (TPSA) is 108 Å². The Bertz CT molecular complexity index is 1070. The standard InChI is InChI=1S/C24H33N3O6S/c1-26(16-17-32-2)34(30,31)27-14-12-24(13-15-27,19-8-5-4-6-9-19)18-25-23(29)22-20(28)10-7-11-21(22)33-3/h4-11,28H,12-18H2,1-3H3,(H,25,29). The van der Waals surface area contributed by atoms with Crippen LogP contribution in [0.25, 0.3) is 0 Å². The molecule has 3 rings (SSSR count). The van der Waals surface area contributed by atoms with Crippen LogP contribution >= 0.6 is 0 Å². The monoisotopic (exact) mass is 491 g/mol. The van der Waals surface area contributed by atoms with Crippen molar-refractivity contribution in [2.75, 3.05) is 54.1 Å². The lowest BCUT2D eigenvalue weighted by Crippen LogP contribution is -2.53. The van der Waals surface area contributed by atoms with Gasteiger partial charge in [0.05, 0.1) is 13.7 Å². The van der Waals surface area contributed by atoms with Gasteiger partial charge in [-0.1, -0.05) is 36.4 Å². The number of benzene rings is 2. The molecule has 1 heterocycles. The number of aromatic hydroxyl groups is 1. The minimum Gasteiger partial charge on any atom is -0.507 e. The number of amides is 1. The van der Waals surface area contributed by atoms with Crippen LogP contribution in [-0.2, 0) is 20.4 Å². The van der Waals surface area contributed by atoms with Gasteiger partial charge in [-0.3, -0.25) is 4.79 Å². The van der Waals surface area contributed by atoms with E-state index in [1.807, 2.05) is 30.3 Å². The average Bonchev–Trinajstić information content (AvgIpc) is 2.86. The van der Waals surface area contributed by atoms with Gasteiger partial charge in [0.2, 0.25) is 0 Å². The number of nitrogens with one attached hydrogen (secondary N) is 1. The van der Waals surface area contributed by atoms with Crippen LogP contribution in [0.1, 0.15) is 28.8 Å². The van der Waals surface area contributed by atoms with Crippen molar-refractivity contribution in [1.29, 1.82) is 0 Å². The van der Waals surface area contributed by atoms with Crippen LogP contribution in [0.4, 0.5) is 0 Å². The normalized spacial score (nSPS) is 16.4. The summed E-state index contributed by atoms with van der Waals surface area (Å²) in [7, 11) is 0.921. The molecule has 1 saturated heterocycles. The molecule has 34 heavy (non-hydrogen) atoms. The van der Waals surface area contributed by atoms with E-state index in [4.69, 9.17) is 9.47 Å². The first-order valence-electron chi connectivity index (χ1n) is 11.2. The molecule has 9 nitrogen and oxygen atoms in total. The van der Waals surface area contributed by atoms with Crippen LogP contribution in [0.3, 0.4) is 0 Å². The van der Waals surface area contributed by atoms with Crippen LogP contribution < -0.4 is 10.1 Å². The average molecular weight is 492 g/mol.